The van der Waals surface area contributed by atoms with Crippen LogP contribution in [-0.2, 0) is 68.5 Å². The first-order chi connectivity index (χ1) is 63.4. The number of carbonyl (C=O) groups excluding carboxylic acids is 9. The van der Waals surface area contributed by atoms with Crippen molar-refractivity contribution in [3.63, 3.8) is 0 Å². The number of rotatable bonds is 20. The molecule has 9 heterocycles. The average molecular weight is 1890 g/mol. The number of ether oxygens (including phenoxy) is 9. The Kier molecular flexibility index (Phi) is 29.8. The number of hydrogen-bond acceptors (Lipinski definition) is 33. The van der Waals surface area contributed by atoms with Crippen LogP contribution in [-0.4, -0.2) is 260 Å². The minimum atomic E-state index is -2.60. The van der Waals surface area contributed by atoms with E-state index in [-0.39, 0.29) is 28.3 Å². The number of amides is 8. The first-order valence-electron chi connectivity index (χ1n) is 42.2. The topological polar surface area (TPSA) is 653 Å². The van der Waals surface area contributed by atoms with E-state index in [1.807, 2.05) is 0 Å². The molecule has 7 aromatic carbocycles. The second-order valence-electron chi connectivity index (χ2n) is 33.3. The van der Waals surface area contributed by atoms with Gasteiger partial charge in [0.25, 0.3) is 5.91 Å². The lowest BCUT2D eigenvalue weighted by Gasteiger charge is -2.44. The van der Waals surface area contributed by atoms with Crippen LogP contribution in [0.15, 0.2) is 115 Å². The molecule has 9 aliphatic rings. The van der Waals surface area contributed by atoms with Crippen molar-refractivity contribution in [1.29, 1.82) is 0 Å². The van der Waals surface area contributed by atoms with E-state index < -0.39 is 327 Å². The Hall–Kier alpha value is -12.3. The second-order valence-corrected chi connectivity index (χ2v) is 34.1. The van der Waals surface area contributed by atoms with Gasteiger partial charge in [-0.1, -0.05) is 87.4 Å². The number of aliphatic hydroxyl groups is 10. The van der Waals surface area contributed by atoms with Gasteiger partial charge < -0.3 is 162 Å². The number of halogens is 2. The van der Waals surface area contributed by atoms with E-state index in [2.05, 4.69) is 56.4 Å². The molecular formula is C89H96Cl2N8O34. The summed E-state index contributed by atoms with van der Waals surface area (Å²) in [6, 6.07) is 1.03. The molecule has 17 bridgehead atoms. The van der Waals surface area contributed by atoms with E-state index in [4.69, 9.17) is 65.8 Å². The van der Waals surface area contributed by atoms with E-state index in [1.54, 1.807) is 0 Å². The van der Waals surface area contributed by atoms with E-state index in [9.17, 15) is 101 Å². The van der Waals surface area contributed by atoms with Crippen molar-refractivity contribution in [2.24, 2.45) is 5.92 Å². The molecule has 8 amide bonds. The van der Waals surface area contributed by atoms with Gasteiger partial charge in [-0.15, -0.1) is 0 Å². The number of carbonyl (C=O) groups is 10. The van der Waals surface area contributed by atoms with Crippen LogP contribution in [0.2, 0.25) is 10.0 Å². The molecule has 44 heteroatoms. The number of aliphatic carboxylic acids is 1. The minimum Gasteiger partial charge on any atom is -0.508 e. The van der Waals surface area contributed by atoms with Crippen molar-refractivity contribution in [1.82, 2.24) is 42.5 Å². The molecule has 133 heavy (non-hydrogen) atoms. The number of hydrogen-bond donors (Lipinski definition) is 23. The molecule has 3 fully saturated rings. The van der Waals surface area contributed by atoms with Crippen LogP contribution in [0.4, 0.5) is 0 Å². The Morgan fingerprint density at radius 3 is 1.69 bits per heavy atom. The molecule has 0 saturated carbocycles. The Balaban J connectivity index is 1.03. The largest absolute Gasteiger partial charge is 0.508 e. The zero-order chi connectivity index (χ0) is 95.6. The summed E-state index contributed by atoms with van der Waals surface area (Å²) in [5.41, 5.74) is -4.40. The van der Waals surface area contributed by atoms with Gasteiger partial charge in [-0.05, 0) is 125 Å². The SMILES string of the molecule is CC(=O)N[C@H]1[C@H](O[C@@H]2c3ccc(c(Cl)c3)Oc3cc4cc(c3O[C@@H]3O[C@H](CO)[C@@H](O)[C@H](O)[C@H]3NC(=O)CCCCCCCC(C)C)Oc3ccc(cc3Cl)C[C@H]3NC(=O)C(=O)c5ccc(O)c(c5)Oc5cc(O)cc(c5)[C@H](NC3=O)C(=O)N[C@H]4C(=O)N[C@H]3C(=O)N[C@@H]2C(=O)N[C@@H](C(=O)O)c2cc(O)cc(O[C@H]4O[C@H](CO)[C@@H](O)[C@H](O)[C@@H]4O)c2-c2cc3ccc2O)O[C@H](CO)[C@@H](O)[C@@H]1O. The van der Waals surface area contributed by atoms with Gasteiger partial charge in [-0.3, -0.25) is 43.2 Å². The molecule has 22 atom stereocenters. The van der Waals surface area contributed by atoms with Crippen LogP contribution in [0.3, 0.4) is 0 Å². The molecule has 9 aliphatic heterocycles. The molecule has 16 rings (SSSR count). The zero-order valence-electron chi connectivity index (χ0n) is 70.7. The van der Waals surface area contributed by atoms with Gasteiger partial charge in [-0.2, -0.15) is 0 Å². The Bertz CT molecular complexity index is 5630. The molecule has 0 unspecified atom stereocenters. The van der Waals surface area contributed by atoms with Crippen LogP contribution in [0.25, 0.3) is 11.1 Å². The van der Waals surface area contributed by atoms with Gasteiger partial charge >= 0.3 is 5.97 Å². The van der Waals surface area contributed by atoms with Crippen LogP contribution in [0.1, 0.15) is 140 Å². The lowest BCUT2D eigenvalue weighted by atomic mass is 9.89. The summed E-state index contributed by atoms with van der Waals surface area (Å²) in [5, 5.41) is 190. The predicted molar refractivity (Wildman–Crippen MR) is 455 cm³/mol. The maximum Gasteiger partial charge on any atom is 0.330 e. The second kappa shape index (κ2) is 41.0. The predicted octanol–water partition coefficient (Wildman–Crippen LogP) is 1.59. The van der Waals surface area contributed by atoms with E-state index >= 15 is 24.0 Å². The summed E-state index contributed by atoms with van der Waals surface area (Å²) < 4.78 is 57.3. The summed E-state index contributed by atoms with van der Waals surface area (Å²) in [7, 11) is 0. The summed E-state index contributed by atoms with van der Waals surface area (Å²) in [6.45, 7) is 1.99. The highest BCUT2D eigenvalue weighted by Crippen LogP contribution is 2.51. The third kappa shape index (κ3) is 21.2. The average Bonchev–Trinajstić information content (AvgIpc) is 0.755. The number of benzene rings is 7. The normalized spacial score (nSPS) is 28.2. The molecule has 42 nitrogen and oxygen atoms in total. The van der Waals surface area contributed by atoms with Crippen molar-refractivity contribution in [3.05, 3.63) is 164 Å². The quantitative estimate of drug-likeness (QED) is 0.0380. The molecule has 3 saturated heterocycles. The monoisotopic (exact) mass is 1890 g/mol. The number of phenols is 4. The first kappa shape index (κ1) is 96.7. The smallest absolute Gasteiger partial charge is 0.330 e. The molecule has 23 N–H and O–H groups in total. The number of carboxylic acid groups (broad SMARTS) is 1. The number of aromatic hydroxyl groups is 4. The number of carboxylic acids is 1. The molecule has 710 valence electrons. The summed E-state index contributed by atoms with van der Waals surface area (Å²) in [4.78, 5) is 152. The Labute approximate surface area is 764 Å². The summed E-state index contributed by atoms with van der Waals surface area (Å²) in [6.07, 6.45) is -25.1. The number of Topliss-reactive ketones (excluding diaryl/α,β-unsaturated/α-hetero) is 1. The van der Waals surface area contributed by atoms with Crippen molar-refractivity contribution < 1.29 is 167 Å². The number of unbranched alkanes of at least 4 members (excludes halogenated alkanes) is 4. The van der Waals surface area contributed by atoms with Crippen molar-refractivity contribution >= 4 is 82.2 Å². The van der Waals surface area contributed by atoms with Gasteiger partial charge in [-0.25, -0.2) is 4.79 Å². The zero-order valence-corrected chi connectivity index (χ0v) is 72.3. The number of nitrogens with one attached hydrogen (secondary N) is 8. The Morgan fingerprint density at radius 1 is 0.496 bits per heavy atom. The lowest BCUT2D eigenvalue weighted by Crippen LogP contribution is -2.65. The molecular weight excluding hydrogens is 1800 g/mol. The van der Waals surface area contributed by atoms with E-state index in [1.165, 1.54) is 18.2 Å². The molecule has 0 spiro atoms. The number of phenolic OH excluding ortho intramolecular Hbond substituents is 4. The fraction of sp³-hybridized carbons (Fsp3) is 0.416. The first-order valence-corrected chi connectivity index (χ1v) is 43.0. The number of fused-ring (bicyclic) bond motifs is 14. The van der Waals surface area contributed by atoms with Gasteiger partial charge in [0.15, 0.2) is 35.3 Å². The highest BCUT2D eigenvalue weighted by atomic mass is 35.5. The third-order valence-electron chi connectivity index (χ3n) is 23.4. The van der Waals surface area contributed by atoms with Crippen LogP contribution >= 0.6 is 23.2 Å². The van der Waals surface area contributed by atoms with Crippen LogP contribution < -0.4 is 66.2 Å². The van der Waals surface area contributed by atoms with Gasteiger partial charge in [0.05, 0.1) is 29.9 Å². The van der Waals surface area contributed by atoms with Crippen LogP contribution in [0.5, 0.6) is 69.0 Å². The number of aliphatic hydroxyl groups excluding tert-OH is 10. The highest BCUT2D eigenvalue weighted by molar-refractivity contribution is 6.43. The fourth-order valence-electron chi connectivity index (χ4n) is 16.5. The maximum atomic E-state index is 17.0. The number of ketones is 1. The van der Waals surface area contributed by atoms with Gasteiger partial charge in [0, 0.05) is 54.2 Å². The van der Waals surface area contributed by atoms with E-state index in [0.29, 0.717) is 18.8 Å². The van der Waals surface area contributed by atoms with Crippen molar-refractivity contribution in [2.45, 2.75) is 206 Å². The van der Waals surface area contributed by atoms with Gasteiger partial charge in [0.1, 0.15) is 150 Å². The minimum absolute atomic E-state index is 0.0926. The molecule has 7 aromatic rings. The molecule has 0 aromatic heterocycles. The summed E-state index contributed by atoms with van der Waals surface area (Å²) in [5.74, 6) is -21.5. The standard InChI is InChI=1S/C89H96Cl2N8O34/c1-34(2)9-7-5-4-6-8-10-61(108)94-68-75(114)72(111)59(32-101)130-88(68)133-79-56-26-41-27-57(79)127-53-18-14-39(24-48(53)91)78(132-87-67(92-35(3)103)74(113)71(110)58(31-100)129-87)69-84(121)98-66(86(123)124)46-29-43(105)30-55(128-89-77(116)76(115)73(112)60(33-102)131-89)62(46)45-23-37(12-15-50(45)106)63(81(118)99-69)96-83(120)65(41)97-82(119)64-40-21-42(104)28-44(22-40)125-54-25-38(13-16-51(54)107)70(109)85(122)93-49(80(117)95-64)20-36-11-17-52(126-56)47(90)19-36/h11-19,21-30,34,49,58-60,63-69,71-78,87-89,100-102,104-107,110-116H,4-10,20,31-33H2,1-3H3,(H,92,103)(H,93,122)(H,94,108)(H,95,117)(H,96,120)(H,97,119)(H,98,121)(H,99,118)(H,123,124)/t49-,58-,59-,60-,63-,64+,65-,66-,67-,68-,69+,71-,72-,73-,74-,75-,76+,77+,78-,87+,88+,89+/m1/s1. The summed E-state index contributed by atoms with van der Waals surface area (Å²) >= 11 is 14.7. The van der Waals surface area contributed by atoms with E-state index in [0.717, 1.165) is 130 Å². The van der Waals surface area contributed by atoms with Gasteiger partial charge in [0.2, 0.25) is 65.5 Å². The fourth-order valence-corrected chi connectivity index (χ4v) is 17.0. The van der Waals surface area contributed by atoms with Crippen molar-refractivity contribution in [3.8, 4) is 80.1 Å². The third-order valence-corrected chi connectivity index (χ3v) is 24.0. The lowest BCUT2D eigenvalue weighted by molar-refractivity contribution is -0.284. The van der Waals surface area contributed by atoms with Crippen molar-refractivity contribution in [2.75, 3.05) is 19.8 Å². The molecule has 0 aliphatic carbocycles. The maximum absolute atomic E-state index is 17.0. The Morgan fingerprint density at radius 2 is 1.06 bits per heavy atom. The van der Waals surface area contributed by atoms with Crippen LogP contribution in [0, 0.1) is 5.92 Å². The molecule has 0 radical (unpaired) electrons. The highest BCUT2D eigenvalue weighted by Gasteiger charge is 2.52.